The van der Waals surface area contributed by atoms with Gasteiger partial charge in [0.1, 0.15) is 13.2 Å². The van der Waals surface area contributed by atoms with E-state index in [1.165, 1.54) is 18.4 Å². The first-order valence-corrected chi connectivity index (χ1v) is 7.45. The molecule has 1 aliphatic carbocycles. The highest BCUT2D eigenvalue weighted by Crippen LogP contribution is 2.36. The van der Waals surface area contributed by atoms with Crippen molar-refractivity contribution in [1.29, 1.82) is 0 Å². The number of hydrogen-bond donors (Lipinski definition) is 1. The lowest BCUT2D eigenvalue weighted by molar-refractivity contribution is 0.170. The minimum atomic E-state index is 0.309. The second-order valence-electron chi connectivity index (χ2n) is 4.77. The summed E-state index contributed by atoms with van der Waals surface area (Å²) in [5.41, 5.74) is 6.93. The van der Waals surface area contributed by atoms with E-state index >= 15 is 0 Å². The fraction of sp³-hybridized carbons (Fsp3) is 0.467. The average molecular weight is 326 g/mol. The molecule has 1 fully saturated rings. The molecule has 2 N–H and O–H groups in total. The fourth-order valence-corrected chi connectivity index (χ4v) is 2.61. The standard InChI is InChI=1S/C8H7BrO2.C7H13N/c9-6-2-1-3-7-8(6)11-5-4-10-7;1-6-4-2-3-5-7(6)8/h1-3H,4-5H2;7H,1-5,8H2. The Bertz CT molecular complexity index is 448. The number of halogens is 1. The van der Waals surface area contributed by atoms with Gasteiger partial charge >= 0.3 is 0 Å². The second kappa shape index (κ2) is 6.96. The molecule has 1 atom stereocenters. The van der Waals surface area contributed by atoms with Crippen LogP contribution in [0.3, 0.4) is 0 Å². The fourth-order valence-electron chi connectivity index (χ4n) is 2.14. The highest BCUT2D eigenvalue weighted by atomic mass is 79.9. The lowest BCUT2D eigenvalue weighted by atomic mass is 9.92. The van der Waals surface area contributed by atoms with Gasteiger partial charge in [-0.15, -0.1) is 0 Å². The van der Waals surface area contributed by atoms with E-state index in [1.54, 1.807) is 0 Å². The van der Waals surface area contributed by atoms with E-state index in [2.05, 4.69) is 22.5 Å². The van der Waals surface area contributed by atoms with Crippen molar-refractivity contribution < 1.29 is 9.47 Å². The number of hydrogen-bond acceptors (Lipinski definition) is 3. The van der Waals surface area contributed by atoms with Gasteiger partial charge in [0.25, 0.3) is 0 Å². The van der Waals surface area contributed by atoms with Crippen LogP contribution in [0.1, 0.15) is 25.7 Å². The minimum absolute atomic E-state index is 0.309. The third kappa shape index (κ3) is 3.98. The molecule has 4 heteroatoms. The van der Waals surface area contributed by atoms with Crippen LogP contribution >= 0.6 is 15.9 Å². The summed E-state index contributed by atoms with van der Waals surface area (Å²) in [6.45, 7) is 5.15. The van der Waals surface area contributed by atoms with Crippen LogP contribution in [0, 0.1) is 0 Å². The first-order valence-electron chi connectivity index (χ1n) is 6.66. The molecular weight excluding hydrogens is 306 g/mol. The molecule has 3 rings (SSSR count). The molecule has 19 heavy (non-hydrogen) atoms. The Kier molecular flexibility index (Phi) is 5.28. The van der Waals surface area contributed by atoms with Crippen molar-refractivity contribution in [2.24, 2.45) is 5.73 Å². The van der Waals surface area contributed by atoms with Gasteiger partial charge in [0.05, 0.1) is 4.47 Å². The number of benzene rings is 1. The summed E-state index contributed by atoms with van der Waals surface area (Å²) in [6, 6.07) is 6.08. The van der Waals surface area contributed by atoms with Crippen LogP contribution in [0.5, 0.6) is 11.5 Å². The molecule has 3 nitrogen and oxygen atoms in total. The van der Waals surface area contributed by atoms with Gasteiger partial charge in [-0.3, -0.25) is 0 Å². The predicted molar refractivity (Wildman–Crippen MR) is 80.7 cm³/mol. The first kappa shape index (κ1) is 14.4. The molecule has 1 aromatic rings. The molecule has 1 unspecified atom stereocenters. The van der Waals surface area contributed by atoms with Crippen LogP contribution in [0.15, 0.2) is 34.8 Å². The maximum absolute atomic E-state index is 5.68. The number of ether oxygens (including phenoxy) is 2. The largest absolute Gasteiger partial charge is 0.486 e. The van der Waals surface area contributed by atoms with Crippen molar-refractivity contribution in [2.75, 3.05) is 13.2 Å². The Balaban J connectivity index is 0.000000148. The van der Waals surface area contributed by atoms with E-state index in [1.807, 2.05) is 18.2 Å². The quantitative estimate of drug-likeness (QED) is 0.740. The second-order valence-corrected chi connectivity index (χ2v) is 5.63. The van der Waals surface area contributed by atoms with Crippen LogP contribution in [-0.2, 0) is 0 Å². The zero-order valence-electron chi connectivity index (χ0n) is 11.0. The minimum Gasteiger partial charge on any atom is -0.486 e. The molecule has 1 heterocycles. The molecule has 0 aromatic heterocycles. The molecule has 1 saturated carbocycles. The number of fused-ring (bicyclic) bond motifs is 1. The Labute approximate surface area is 122 Å². The highest BCUT2D eigenvalue weighted by molar-refractivity contribution is 9.10. The topological polar surface area (TPSA) is 44.5 Å². The molecule has 2 aliphatic rings. The van der Waals surface area contributed by atoms with Gasteiger partial charge in [-0.25, -0.2) is 0 Å². The van der Waals surface area contributed by atoms with Crippen molar-refractivity contribution in [3.05, 3.63) is 34.8 Å². The summed E-state index contributed by atoms with van der Waals surface area (Å²) in [5, 5.41) is 0. The summed E-state index contributed by atoms with van der Waals surface area (Å²) in [6.07, 6.45) is 4.90. The van der Waals surface area contributed by atoms with Crippen molar-refractivity contribution in [1.82, 2.24) is 0 Å². The predicted octanol–water partition coefficient (Wildman–Crippen LogP) is 3.66. The van der Waals surface area contributed by atoms with E-state index < -0.39 is 0 Å². The van der Waals surface area contributed by atoms with E-state index in [-0.39, 0.29) is 0 Å². The molecule has 0 amide bonds. The maximum atomic E-state index is 5.68. The third-order valence-electron chi connectivity index (χ3n) is 3.31. The zero-order chi connectivity index (χ0) is 13.7. The zero-order valence-corrected chi connectivity index (χ0v) is 12.6. The van der Waals surface area contributed by atoms with Gasteiger partial charge in [0.2, 0.25) is 0 Å². The molecule has 1 aliphatic heterocycles. The van der Waals surface area contributed by atoms with E-state index in [0.29, 0.717) is 19.3 Å². The Morgan fingerprint density at radius 1 is 1.21 bits per heavy atom. The Morgan fingerprint density at radius 2 is 2.00 bits per heavy atom. The van der Waals surface area contributed by atoms with Gasteiger partial charge in [0, 0.05) is 6.04 Å². The SMILES string of the molecule is Brc1cccc2c1OCCO2.C=C1CCCCC1N. The van der Waals surface area contributed by atoms with E-state index in [9.17, 15) is 0 Å². The maximum Gasteiger partial charge on any atom is 0.175 e. The normalized spacial score (nSPS) is 21.4. The summed E-state index contributed by atoms with van der Waals surface area (Å²) in [7, 11) is 0. The first-order chi connectivity index (χ1) is 9.18. The third-order valence-corrected chi connectivity index (χ3v) is 3.93. The van der Waals surface area contributed by atoms with Gasteiger partial charge in [-0.05, 0) is 47.3 Å². The molecule has 104 valence electrons. The highest BCUT2D eigenvalue weighted by Gasteiger charge is 2.13. The van der Waals surface area contributed by atoms with Crippen molar-refractivity contribution in [3.63, 3.8) is 0 Å². The van der Waals surface area contributed by atoms with Crippen molar-refractivity contribution in [2.45, 2.75) is 31.7 Å². The summed E-state index contributed by atoms with van der Waals surface area (Å²) >= 11 is 3.38. The number of para-hydroxylation sites is 1. The smallest absolute Gasteiger partial charge is 0.175 e. The van der Waals surface area contributed by atoms with Crippen LogP contribution in [0.25, 0.3) is 0 Å². The summed E-state index contributed by atoms with van der Waals surface area (Å²) in [5.74, 6) is 1.64. The molecule has 0 spiro atoms. The Morgan fingerprint density at radius 3 is 2.63 bits per heavy atom. The van der Waals surface area contributed by atoms with Crippen LogP contribution < -0.4 is 15.2 Å². The molecule has 1 aromatic carbocycles. The number of rotatable bonds is 0. The van der Waals surface area contributed by atoms with Crippen molar-refractivity contribution >= 4 is 15.9 Å². The van der Waals surface area contributed by atoms with Crippen LogP contribution in [0.2, 0.25) is 0 Å². The monoisotopic (exact) mass is 325 g/mol. The average Bonchev–Trinajstić information content (AvgIpc) is 2.44. The molecule has 0 saturated heterocycles. The van der Waals surface area contributed by atoms with Crippen molar-refractivity contribution in [3.8, 4) is 11.5 Å². The van der Waals surface area contributed by atoms with Crippen LogP contribution in [0.4, 0.5) is 0 Å². The van der Waals surface area contributed by atoms with Crippen LogP contribution in [-0.4, -0.2) is 19.3 Å². The van der Waals surface area contributed by atoms with E-state index in [4.69, 9.17) is 15.2 Å². The summed E-state index contributed by atoms with van der Waals surface area (Å²) < 4.78 is 11.7. The summed E-state index contributed by atoms with van der Waals surface area (Å²) in [4.78, 5) is 0. The molecule has 0 bridgehead atoms. The van der Waals surface area contributed by atoms with Gasteiger partial charge in [-0.1, -0.05) is 24.6 Å². The lowest BCUT2D eigenvalue weighted by Crippen LogP contribution is -2.24. The van der Waals surface area contributed by atoms with E-state index in [0.717, 1.165) is 28.8 Å². The van der Waals surface area contributed by atoms with Gasteiger partial charge < -0.3 is 15.2 Å². The molecule has 0 radical (unpaired) electrons. The lowest BCUT2D eigenvalue weighted by Gasteiger charge is -2.19. The molecular formula is C15H20BrNO2. The van der Waals surface area contributed by atoms with Gasteiger partial charge in [0.15, 0.2) is 11.5 Å². The number of nitrogens with two attached hydrogens (primary N) is 1. The Hall–Kier alpha value is -1.00. The van der Waals surface area contributed by atoms with Gasteiger partial charge in [-0.2, -0.15) is 0 Å².